The van der Waals surface area contributed by atoms with Gasteiger partial charge in [-0.1, -0.05) is 23.8 Å². The van der Waals surface area contributed by atoms with Crippen molar-refractivity contribution in [2.75, 3.05) is 38.5 Å². The fourth-order valence-corrected chi connectivity index (χ4v) is 7.09. The molecule has 3 fully saturated rings. The van der Waals surface area contributed by atoms with Gasteiger partial charge < -0.3 is 25.8 Å². The van der Waals surface area contributed by atoms with Crippen molar-refractivity contribution in [1.82, 2.24) is 29.5 Å². The molecule has 0 atom stereocenters. The molecule has 40 heavy (non-hydrogen) atoms. The number of likely N-dealkylation sites (tertiary alicyclic amines) is 2. The number of rotatable bonds is 7. The van der Waals surface area contributed by atoms with Crippen LogP contribution in [0.1, 0.15) is 56.9 Å². The lowest BCUT2D eigenvalue weighted by Gasteiger charge is -2.48. The van der Waals surface area contributed by atoms with Crippen molar-refractivity contribution in [2.45, 2.75) is 70.4 Å². The first-order chi connectivity index (χ1) is 19.5. The van der Waals surface area contributed by atoms with Gasteiger partial charge in [0.15, 0.2) is 11.5 Å². The number of piperidine rings is 2. The van der Waals surface area contributed by atoms with Gasteiger partial charge in [0.05, 0.1) is 17.6 Å². The molecular weight excluding hydrogens is 496 g/mol. The zero-order valence-corrected chi connectivity index (χ0v) is 24.1. The molecule has 1 aromatic carbocycles. The summed E-state index contributed by atoms with van der Waals surface area (Å²) in [4.78, 5) is 14.5. The second-order valence-electron chi connectivity index (χ2n) is 12.4. The van der Waals surface area contributed by atoms with Gasteiger partial charge in [-0.25, -0.2) is 9.97 Å². The summed E-state index contributed by atoms with van der Waals surface area (Å²) < 4.78 is 2.05. The van der Waals surface area contributed by atoms with Crippen molar-refractivity contribution in [3.8, 4) is 11.3 Å². The molecule has 3 aliphatic rings. The molecule has 3 N–H and O–H groups in total. The van der Waals surface area contributed by atoms with E-state index in [9.17, 15) is 0 Å². The molecule has 2 aliphatic heterocycles. The van der Waals surface area contributed by atoms with Crippen LogP contribution in [-0.4, -0.2) is 75.7 Å². The Balaban J connectivity index is 1.03. The first-order valence-corrected chi connectivity index (χ1v) is 15.1. The summed E-state index contributed by atoms with van der Waals surface area (Å²) in [5.41, 5.74) is 5.37. The molecule has 0 unspecified atom stereocenters. The van der Waals surface area contributed by atoms with E-state index in [4.69, 9.17) is 5.41 Å². The Morgan fingerprint density at radius 3 is 2.52 bits per heavy atom. The predicted molar refractivity (Wildman–Crippen MR) is 163 cm³/mol. The van der Waals surface area contributed by atoms with E-state index in [0.717, 1.165) is 48.9 Å². The summed E-state index contributed by atoms with van der Waals surface area (Å²) in [6.07, 6.45) is 19.6. The molecule has 2 aromatic heterocycles. The summed E-state index contributed by atoms with van der Waals surface area (Å²) in [6, 6.07) is 9.60. The molecule has 0 amide bonds. The van der Waals surface area contributed by atoms with Gasteiger partial charge in [-0.3, -0.25) is 4.40 Å². The van der Waals surface area contributed by atoms with Crippen LogP contribution >= 0.6 is 0 Å². The molecule has 0 radical (unpaired) electrons. The Morgan fingerprint density at radius 2 is 1.80 bits per heavy atom. The molecule has 6 rings (SSSR count). The largest absolute Gasteiger partial charge is 0.386 e. The monoisotopic (exact) mass is 540 g/mol. The smallest absolute Gasteiger partial charge is 0.180 e. The van der Waals surface area contributed by atoms with Crippen molar-refractivity contribution in [3.05, 3.63) is 60.3 Å². The lowest BCUT2D eigenvalue weighted by Crippen LogP contribution is -2.49. The number of allylic oxidation sites excluding steroid dienone is 1. The maximum atomic E-state index is 8.00. The van der Waals surface area contributed by atoms with Crippen LogP contribution in [0, 0.1) is 17.7 Å². The highest BCUT2D eigenvalue weighted by molar-refractivity contribution is 5.83. The summed E-state index contributed by atoms with van der Waals surface area (Å²) in [7, 11) is 2.27. The SMILES string of the molecule is Cc1cccc(-c2cnc(N/C(C=N)=C/NC3CCN(C4CCC5(CC4)CCN(C)CC5)CC3)c3nccn23)c1. The number of nitrogens with zero attached hydrogens (tertiary/aromatic N) is 5. The zero-order valence-electron chi connectivity index (χ0n) is 24.1. The van der Waals surface area contributed by atoms with Gasteiger partial charge >= 0.3 is 0 Å². The van der Waals surface area contributed by atoms with Gasteiger partial charge in [-0.05, 0) is 89.9 Å². The minimum atomic E-state index is 0.430. The highest BCUT2D eigenvalue weighted by atomic mass is 15.2. The molecule has 4 heterocycles. The zero-order chi connectivity index (χ0) is 27.5. The summed E-state index contributed by atoms with van der Waals surface area (Å²) in [6.45, 7) is 6.98. The van der Waals surface area contributed by atoms with Crippen LogP contribution in [-0.2, 0) is 0 Å². The van der Waals surface area contributed by atoms with Crippen LogP contribution in [0.2, 0.25) is 0 Å². The number of aromatic nitrogens is 3. The fourth-order valence-electron chi connectivity index (χ4n) is 7.09. The number of hydrogen-bond acceptors (Lipinski definition) is 7. The number of benzene rings is 1. The standard InChI is InChI=1S/C32H44N8/c1-24-4-3-5-25(20-24)29-23-36-30(31-34-14-19-40(29)31)37-27(21-33)22-35-26-8-15-39(16-9-26)28-6-10-32(11-7-28)12-17-38(2)18-13-32/h3-5,14,19-23,26,28,33,35H,6-13,15-18H2,1-2H3,(H,36,37)/b27-22+,33-21?. The van der Waals surface area contributed by atoms with E-state index in [-0.39, 0.29) is 0 Å². The third kappa shape index (κ3) is 5.79. The van der Waals surface area contributed by atoms with E-state index in [1.54, 1.807) is 6.20 Å². The number of hydrogen-bond donors (Lipinski definition) is 3. The van der Waals surface area contributed by atoms with E-state index in [2.05, 4.69) is 73.0 Å². The van der Waals surface area contributed by atoms with Gasteiger partial charge in [-0.15, -0.1) is 0 Å². The van der Waals surface area contributed by atoms with Gasteiger partial charge in [0.2, 0.25) is 0 Å². The third-order valence-corrected chi connectivity index (χ3v) is 9.74. The number of fused-ring (bicyclic) bond motifs is 1. The Labute approximate surface area is 238 Å². The lowest BCUT2D eigenvalue weighted by molar-refractivity contribution is 0.0313. The third-order valence-electron chi connectivity index (χ3n) is 9.74. The summed E-state index contributed by atoms with van der Waals surface area (Å²) >= 11 is 0. The number of aryl methyl sites for hydroxylation is 1. The molecule has 3 aromatic rings. The van der Waals surface area contributed by atoms with E-state index >= 15 is 0 Å². The van der Waals surface area contributed by atoms with Gasteiger partial charge in [0, 0.05) is 55.5 Å². The Hall–Kier alpha value is -3.23. The van der Waals surface area contributed by atoms with Crippen molar-refractivity contribution in [2.24, 2.45) is 5.41 Å². The number of imidazole rings is 1. The van der Waals surface area contributed by atoms with Crippen molar-refractivity contribution >= 4 is 17.7 Å². The van der Waals surface area contributed by atoms with Crippen molar-refractivity contribution < 1.29 is 0 Å². The summed E-state index contributed by atoms with van der Waals surface area (Å²) in [5.74, 6) is 0.646. The first-order valence-electron chi connectivity index (χ1n) is 15.1. The molecule has 8 heteroatoms. The molecule has 8 nitrogen and oxygen atoms in total. The molecular formula is C32H44N8. The van der Waals surface area contributed by atoms with Crippen LogP contribution in [0.5, 0.6) is 0 Å². The molecule has 1 aliphatic carbocycles. The molecule has 1 saturated carbocycles. The highest BCUT2D eigenvalue weighted by Gasteiger charge is 2.39. The average molecular weight is 541 g/mol. The summed E-state index contributed by atoms with van der Waals surface area (Å²) in [5, 5.41) is 14.9. The fraction of sp³-hybridized carbons (Fsp3) is 0.531. The van der Waals surface area contributed by atoms with E-state index < -0.39 is 0 Å². The van der Waals surface area contributed by atoms with E-state index in [0.29, 0.717) is 23.0 Å². The van der Waals surface area contributed by atoms with Gasteiger partial charge in [0.25, 0.3) is 0 Å². The second-order valence-corrected chi connectivity index (χ2v) is 12.4. The van der Waals surface area contributed by atoms with Gasteiger partial charge in [0.1, 0.15) is 0 Å². The topological polar surface area (TPSA) is 84.6 Å². The lowest BCUT2D eigenvalue weighted by atomic mass is 9.66. The quantitative estimate of drug-likeness (QED) is 0.352. The Kier molecular flexibility index (Phi) is 7.89. The van der Waals surface area contributed by atoms with Crippen LogP contribution in [0.25, 0.3) is 16.9 Å². The van der Waals surface area contributed by atoms with Crippen LogP contribution in [0.4, 0.5) is 5.82 Å². The second kappa shape index (κ2) is 11.7. The van der Waals surface area contributed by atoms with Crippen LogP contribution in [0.3, 0.4) is 0 Å². The maximum absolute atomic E-state index is 8.00. The minimum absolute atomic E-state index is 0.430. The minimum Gasteiger partial charge on any atom is -0.386 e. The van der Waals surface area contributed by atoms with E-state index in [1.165, 1.54) is 63.4 Å². The normalized spacial score (nSPS) is 21.6. The maximum Gasteiger partial charge on any atom is 0.180 e. The molecule has 1 spiro atoms. The Bertz CT molecular complexity index is 1330. The highest BCUT2D eigenvalue weighted by Crippen LogP contribution is 2.45. The predicted octanol–water partition coefficient (Wildman–Crippen LogP) is 5.32. The average Bonchev–Trinajstić information content (AvgIpc) is 3.48. The van der Waals surface area contributed by atoms with Crippen molar-refractivity contribution in [1.29, 1.82) is 5.41 Å². The number of nitrogens with one attached hydrogen (secondary N) is 3. The van der Waals surface area contributed by atoms with Crippen LogP contribution in [0.15, 0.2) is 54.8 Å². The van der Waals surface area contributed by atoms with Gasteiger partial charge in [-0.2, -0.15) is 0 Å². The number of anilines is 1. The Morgan fingerprint density at radius 1 is 1.02 bits per heavy atom. The molecule has 2 saturated heterocycles. The molecule has 0 bridgehead atoms. The molecule has 212 valence electrons. The first kappa shape index (κ1) is 27.0. The van der Waals surface area contributed by atoms with Crippen molar-refractivity contribution in [3.63, 3.8) is 0 Å². The van der Waals surface area contributed by atoms with Crippen LogP contribution < -0.4 is 10.6 Å². The van der Waals surface area contributed by atoms with E-state index in [1.807, 2.05) is 18.6 Å².